The van der Waals surface area contributed by atoms with Crippen LogP contribution in [0.4, 0.5) is 4.39 Å². The normalized spacial score (nSPS) is 13.6. The Morgan fingerprint density at radius 1 is 1.44 bits per heavy atom. The Hall–Kier alpha value is -0.590. The molecule has 6 heteroatoms. The van der Waals surface area contributed by atoms with Crippen molar-refractivity contribution in [3.63, 3.8) is 0 Å². The number of halogens is 1. The number of rotatable bonds is 6. The molecular formula is C12H18FNO2S2. The van der Waals surface area contributed by atoms with Crippen LogP contribution in [0.15, 0.2) is 23.1 Å². The molecule has 0 saturated heterocycles. The van der Waals surface area contributed by atoms with Crippen molar-refractivity contribution in [2.45, 2.75) is 17.9 Å². The molecule has 0 aromatic heterocycles. The molecule has 0 amide bonds. The van der Waals surface area contributed by atoms with E-state index in [1.165, 1.54) is 24.1 Å². The first kappa shape index (κ1) is 15.5. The molecule has 102 valence electrons. The van der Waals surface area contributed by atoms with Crippen LogP contribution in [0.25, 0.3) is 0 Å². The summed E-state index contributed by atoms with van der Waals surface area (Å²) in [7, 11) is -1.17. The van der Waals surface area contributed by atoms with E-state index in [0.717, 1.165) is 5.56 Å². The minimum Gasteiger partial charge on any atom is -0.313 e. The van der Waals surface area contributed by atoms with Gasteiger partial charge < -0.3 is 5.32 Å². The Kier molecular flexibility index (Phi) is 5.62. The summed E-state index contributed by atoms with van der Waals surface area (Å²) >= 11 is 1.23. The van der Waals surface area contributed by atoms with Crippen LogP contribution < -0.4 is 5.32 Å². The molecular weight excluding hydrogens is 273 g/mol. The summed E-state index contributed by atoms with van der Waals surface area (Å²) in [5, 5.41) is 3.04. The van der Waals surface area contributed by atoms with Gasteiger partial charge in [0.05, 0.1) is 5.75 Å². The second-order valence-electron chi connectivity index (χ2n) is 4.18. The summed E-state index contributed by atoms with van der Waals surface area (Å²) in [4.78, 5) is 0.491. The highest BCUT2D eigenvalue weighted by Gasteiger charge is 2.09. The van der Waals surface area contributed by atoms with Crippen LogP contribution in [0.5, 0.6) is 0 Å². The van der Waals surface area contributed by atoms with E-state index in [9.17, 15) is 12.8 Å². The Morgan fingerprint density at radius 2 is 2.11 bits per heavy atom. The van der Waals surface area contributed by atoms with Crippen LogP contribution >= 0.6 is 11.8 Å². The second kappa shape index (κ2) is 6.54. The lowest BCUT2D eigenvalue weighted by Gasteiger charge is -2.11. The van der Waals surface area contributed by atoms with Crippen molar-refractivity contribution in [2.75, 3.05) is 24.8 Å². The molecule has 1 atom stereocenters. The summed E-state index contributed by atoms with van der Waals surface area (Å²) in [6.45, 7) is 1.95. The van der Waals surface area contributed by atoms with Gasteiger partial charge in [0.25, 0.3) is 0 Å². The van der Waals surface area contributed by atoms with Crippen LogP contribution in [0.2, 0.25) is 0 Å². The van der Waals surface area contributed by atoms with E-state index in [2.05, 4.69) is 5.32 Å². The molecule has 0 spiro atoms. The van der Waals surface area contributed by atoms with Crippen LogP contribution in [-0.2, 0) is 9.84 Å². The summed E-state index contributed by atoms with van der Waals surface area (Å²) in [5.41, 5.74) is 0.877. The predicted octanol–water partition coefficient (Wildman–Crippen LogP) is 2.24. The first-order chi connectivity index (χ1) is 8.33. The molecule has 0 bridgehead atoms. The highest BCUT2D eigenvalue weighted by molar-refractivity contribution is 8.00. The van der Waals surface area contributed by atoms with Gasteiger partial charge in [-0.1, -0.05) is 6.07 Å². The average Bonchev–Trinajstić information content (AvgIpc) is 2.28. The van der Waals surface area contributed by atoms with Crippen molar-refractivity contribution in [1.82, 2.24) is 5.32 Å². The van der Waals surface area contributed by atoms with Gasteiger partial charge in [-0.25, -0.2) is 12.8 Å². The van der Waals surface area contributed by atoms with Crippen molar-refractivity contribution in [2.24, 2.45) is 0 Å². The Bertz CT molecular complexity index is 503. The van der Waals surface area contributed by atoms with E-state index >= 15 is 0 Å². The average molecular weight is 291 g/mol. The maximum atomic E-state index is 13.8. The smallest absolute Gasteiger partial charge is 0.148 e. The first-order valence-electron chi connectivity index (χ1n) is 5.60. The first-order valence-corrected chi connectivity index (χ1v) is 8.65. The largest absolute Gasteiger partial charge is 0.313 e. The van der Waals surface area contributed by atoms with Gasteiger partial charge in [0, 0.05) is 22.9 Å². The Labute approximate surface area is 112 Å². The lowest BCUT2D eigenvalue weighted by Crippen LogP contribution is -2.12. The van der Waals surface area contributed by atoms with E-state index in [0.29, 0.717) is 10.6 Å². The topological polar surface area (TPSA) is 46.2 Å². The van der Waals surface area contributed by atoms with Crippen molar-refractivity contribution in [3.05, 3.63) is 29.6 Å². The molecule has 3 nitrogen and oxygen atoms in total. The zero-order valence-electron chi connectivity index (χ0n) is 10.7. The number of hydrogen-bond donors (Lipinski definition) is 1. The second-order valence-corrected chi connectivity index (χ2v) is 7.58. The highest BCUT2D eigenvalue weighted by Crippen LogP contribution is 2.24. The quantitative estimate of drug-likeness (QED) is 0.817. The van der Waals surface area contributed by atoms with Gasteiger partial charge in [0.15, 0.2) is 0 Å². The minimum absolute atomic E-state index is 0.0613. The monoisotopic (exact) mass is 291 g/mol. The van der Waals surface area contributed by atoms with Gasteiger partial charge in [-0.15, -0.1) is 11.8 Å². The van der Waals surface area contributed by atoms with E-state index in [1.54, 1.807) is 6.07 Å². The molecule has 1 aromatic rings. The van der Waals surface area contributed by atoms with E-state index < -0.39 is 9.84 Å². The SMILES string of the molecule is CNC(C)c1ccc(SCCS(C)(=O)=O)c(F)c1. The van der Waals surface area contributed by atoms with Crippen LogP contribution in [0.3, 0.4) is 0 Å². The molecule has 1 aromatic carbocycles. The summed E-state index contributed by atoms with van der Waals surface area (Å²) in [6, 6.07) is 5.14. The molecule has 0 aliphatic heterocycles. The molecule has 1 rings (SSSR count). The van der Waals surface area contributed by atoms with Gasteiger partial charge in [-0.2, -0.15) is 0 Å². The molecule has 0 aliphatic carbocycles. The van der Waals surface area contributed by atoms with Gasteiger partial charge >= 0.3 is 0 Å². The summed E-state index contributed by atoms with van der Waals surface area (Å²) in [5.74, 6) is 0.135. The molecule has 0 heterocycles. The third-order valence-electron chi connectivity index (χ3n) is 2.60. The van der Waals surface area contributed by atoms with E-state index in [1.807, 2.05) is 20.0 Å². The molecule has 1 unspecified atom stereocenters. The van der Waals surface area contributed by atoms with E-state index in [4.69, 9.17) is 0 Å². The third kappa shape index (κ3) is 4.96. The van der Waals surface area contributed by atoms with E-state index in [-0.39, 0.29) is 17.6 Å². The molecule has 0 aliphatic rings. The van der Waals surface area contributed by atoms with Crippen molar-refractivity contribution in [1.29, 1.82) is 0 Å². The van der Waals surface area contributed by atoms with Crippen molar-refractivity contribution >= 4 is 21.6 Å². The number of nitrogens with one attached hydrogen (secondary N) is 1. The Morgan fingerprint density at radius 3 is 2.61 bits per heavy atom. The molecule has 0 radical (unpaired) electrons. The predicted molar refractivity (Wildman–Crippen MR) is 74.3 cm³/mol. The fraction of sp³-hybridized carbons (Fsp3) is 0.500. The molecule has 18 heavy (non-hydrogen) atoms. The van der Waals surface area contributed by atoms with Gasteiger partial charge in [-0.05, 0) is 31.7 Å². The van der Waals surface area contributed by atoms with Crippen molar-refractivity contribution in [3.8, 4) is 0 Å². The number of benzene rings is 1. The fourth-order valence-corrected chi connectivity index (χ4v) is 3.50. The third-order valence-corrected chi connectivity index (χ3v) is 4.86. The maximum absolute atomic E-state index is 13.8. The summed E-state index contributed by atoms with van der Waals surface area (Å²) < 4.78 is 35.7. The lowest BCUT2D eigenvalue weighted by molar-refractivity contribution is 0.587. The van der Waals surface area contributed by atoms with Gasteiger partial charge in [0.1, 0.15) is 15.7 Å². The zero-order chi connectivity index (χ0) is 13.8. The van der Waals surface area contributed by atoms with Crippen molar-refractivity contribution < 1.29 is 12.8 Å². The highest BCUT2D eigenvalue weighted by atomic mass is 32.2. The van der Waals surface area contributed by atoms with Gasteiger partial charge in [-0.3, -0.25) is 0 Å². The Balaban J connectivity index is 2.68. The summed E-state index contributed by atoms with van der Waals surface area (Å²) in [6.07, 6.45) is 1.18. The van der Waals surface area contributed by atoms with Crippen LogP contribution in [0, 0.1) is 5.82 Å². The maximum Gasteiger partial charge on any atom is 0.148 e. The number of thioether (sulfide) groups is 1. The van der Waals surface area contributed by atoms with Gasteiger partial charge in [0.2, 0.25) is 0 Å². The zero-order valence-corrected chi connectivity index (χ0v) is 12.4. The number of sulfone groups is 1. The molecule has 1 N–H and O–H groups in total. The number of hydrogen-bond acceptors (Lipinski definition) is 4. The standard InChI is InChI=1S/C12H18FNO2S2/c1-9(14-2)10-4-5-12(11(13)8-10)17-6-7-18(3,15)16/h4-5,8-9,14H,6-7H2,1-3H3. The van der Waals surface area contributed by atoms with Crippen LogP contribution in [0.1, 0.15) is 18.5 Å². The minimum atomic E-state index is -2.99. The molecule has 0 fully saturated rings. The van der Waals surface area contributed by atoms with Crippen LogP contribution in [-0.4, -0.2) is 33.2 Å². The fourth-order valence-electron chi connectivity index (χ4n) is 1.37. The molecule has 0 saturated carbocycles. The lowest BCUT2D eigenvalue weighted by atomic mass is 10.1.